The summed E-state index contributed by atoms with van der Waals surface area (Å²) >= 11 is 0. The molecule has 2 saturated heterocycles. The van der Waals surface area contributed by atoms with Crippen LogP contribution in [0, 0.1) is 18.8 Å². The summed E-state index contributed by atoms with van der Waals surface area (Å²) in [5.41, 5.74) is 0.904. The summed E-state index contributed by atoms with van der Waals surface area (Å²) in [5, 5.41) is 25.2. The Hall–Kier alpha value is -4.42. The third kappa shape index (κ3) is 9.54. The summed E-state index contributed by atoms with van der Waals surface area (Å²) in [4.78, 5) is 67.7. The van der Waals surface area contributed by atoms with Crippen LogP contribution in [0.5, 0.6) is 5.75 Å². The van der Waals surface area contributed by atoms with Gasteiger partial charge in [-0.3, -0.25) is 24.0 Å². The third-order valence-electron chi connectivity index (χ3n) is 8.65. The van der Waals surface area contributed by atoms with Crippen molar-refractivity contribution in [2.75, 3.05) is 13.1 Å². The number of aryl methyl sites for hydroxylation is 1. The maximum atomic E-state index is 13.7. The Morgan fingerprint density at radius 3 is 2.52 bits per heavy atom. The van der Waals surface area contributed by atoms with Gasteiger partial charge in [0.05, 0.1) is 0 Å². The molecule has 4 rings (SSSR count). The lowest BCUT2D eigenvalue weighted by Gasteiger charge is -2.29. The highest BCUT2D eigenvalue weighted by Gasteiger charge is 2.41. The van der Waals surface area contributed by atoms with E-state index in [0.717, 1.165) is 5.56 Å². The summed E-state index contributed by atoms with van der Waals surface area (Å²) in [6.07, 6.45) is 2.38. The standard InChI is InChI=1S/C33H46N6O7/c1-19(2)25-12-7-20(3)14-29(41)36-26(16-22-8-10-24(40)11-9-22)31(43)34-13-5-6-30(42)39-18-23(17-28(39)33(45)37-25)35-32(44)27-15-21(4)46-38-27/h8-11,15,19-20,23,25-26,28,40H,5-7,12-14,16-18H2,1-4H3,(H,34,43)(H,35,44)(H,36,41)(H,37,45)/t20-,23-,25+,26+,28+/m1/s1. The molecule has 5 atom stereocenters. The molecule has 0 spiro atoms. The minimum absolute atomic E-state index is 0.0151. The first-order valence-corrected chi connectivity index (χ1v) is 16.1. The molecule has 13 nitrogen and oxygen atoms in total. The largest absolute Gasteiger partial charge is 0.508 e. The van der Waals surface area contributed by atoms with Crippen molar-refractivity contribution in [2.24, 2.45) is 11.8 Å². The molecule has 5 N–H and O–H groups in total. The highest BCUT2D eigenvalue weighted by molar-refractivity contribution is 5.93. The summed E-state index contributed by atoms with van der Waals surface area (Å²) in [5.74, 6) is -0.905. The summed E-state index contributed by atoms with van der Waals surface area (Å²) in [6, 6.07) is 5.74. The van der Waals surface area contributed by atoms with E-state index in [1.54, 1.807) is 19.1 Å². The minimum atomic E-state index is -0.831. The number of aromatic hydroxyl groups is 1. The van der Waals surface area contributed by atoms with Gasteiger partial charge in [0.1, 0.15) is 23.6 Å². The topological polar surface area (TPSA) is 183 Å². The van der Waals surface area contributed by atoms with Crippen LogP contribution >= 0.6 is 0 Å². The van der Waals surface area contributed by atoms with Crippen molar-refractivity contribution in [3.05, 3.63) is 47.3 Å². The highest BCUT2D eigenvalue weighted by Crippen LogP contribution is 2.23. The van der Waals surface area contributed by atoms with E-state index in [1.807, 2.05) is 20.8 Å². The number of benzene rings is 1. The van der Waals surface area contributed by atoms with Gasteiger partial charge in [-0.05, 0) is 62.1 Å². The predicted octanol–water partition coefficient (Wildman–Crippen LogP) is 1.97. The van der Waals surface area contributed by atoms with Gasteiger partial charge in [-0.1, -0.05) is 38.1 Å². The van der Waals surface area contributed by atoms with Gasteiger partial charge in [-0.25, -0.2) is 0 Å². The number of carbonyl (C=O) groups is 5. The van der Waals surface area contributed by atoms with Crippen LogP contribution in [0.1, 0.15) is 81.1 Å². The Morgan fingerprint density at radius 1 is 1.11 bits per heavy atom. The Kier molecular flexibility index (Phi) is 11.8. The average Bonchev–Trinajstić information content (AvgIpc) is 3.63. The zero-order chi connectivity index (χ0) is 33.4. The monoisotopic (exact) mass is 638 g/mol. The van der Waals surface area contributed by atoms with Gasteiger partial charge in [0.15, 0.2) is 5.69 Å². The predicted molar refractivity (Wildman–Crippen MR) is 168 cm³/mol. The molecule has 250 valence electrons. The Morgan fingerprint density at radius 2 is 1.85 bits per heavy atom. The molecule has 1 aromatic carbocycles. The lowest BCUT2D eigenvalue weighted by molar-refractivity contribution is -0.139. The second-order valence-electron chi connectivity index (χ2n) is 12.9. The van der Waals surface area contributed by atoms with Gasteiger partial charge in [-0.15, -0.1) is 0 Å². The molecule has 0 saturated carbocycles. The molecule has 3 heterocycles. The second-order valence-corrected chi connectivity index (χ2v) is 12.9. The van der Waals surface area contributed by atoms with Crippen LogP contribution < -0.4 is 21.3 Å². The molecular weight excluding hydrogens is 592 g/mol. The first-order valence-electron chi connectivity index (χ1n) is 16.1. The van der Waals surface area contributed by atoms with Crippen LogP contribution in [-0.4, -0.2) is 82.0 Å². The van der Waals surface area contributed by atoms with Crippen LogP contribution in [0.4, 0.5) is 0 Å². The molecule has 2 fully saturated rings. The molecule has 0 radical (unpaired) electrons. The van der Waals surface area contributed by atoms with Crippen molar-refractivity contribution in [1.82, 2.24) is 31.3 Å². The number of nitrogens with one attached hydrogen (secondary N) is 4. The summed E-state index contributed by atoms with van der Waals surface area (Å²) in [6.45, 7) is 8.03. The molecule has 46 heavy (non-hydrogen) atoms. The van der Waals surface area contributed by atoms with E-state index in [4.69, 9.17) is 4.52 Å². The summed E-state index contributed by atoms with van der Waals surface area (Å²) < 4.78 is 5.01. The number of amides is 5. The molecule has 0 bridgehead atoms. The fraction of sp³-hybridized carbons (Fsp3) is 0.576. The quantitative estimate of drug-likeness (QED) is 0.329. The van der Waals surface area contributed by atoms with Crippen LogP contribution in [0.2, 0.25) is 0 Å². The molecule has 2 aliphatic rings. The Balaban J connectivity index is 1.50. The zero-order valence-corrected chi connectivity index (χ0v) is 27.0. The number of phenols is 1. The van der Waals surface area contributed by atoms with Crippen LogP contribution in [0.3, 0.4) is 0 Å². The van der Waals surface area contributed by atoms with Crippen LogP contribution in [0.25, 0.3) is 0 Å². The molecule has 0 unspecified atom stereocenters. The average molecular weight is 639 g/mol. The zero-order valence-electron chi connectivity index (χ0n) is 27.0. The molecule has 5 amide bonds. The Bertz CT molecular complexity index is 1390. The van der Waals surface area contributed by atoms with E-state index in [0.29, 0.717) is 25.0 Å². The lowest BCUT2D eigenvalue weighted by Crippen LogP contribution is -2.50. The molecule has 2 aliphatic heterocycles. The first kappa shape index (κ1) is 34.5. The number of hydrogen-bond donors (Lipinski definition) is 5. The van der Waals surface area contributed by atoms with Gasteiger partial charge in [-0.2, -0.15) is 0 Å². The maximum Gasteiger partial charge on any atom is 0.273 e. The number of nitrogens with zero attached hydrogens (tertiary/aromatic N) is 2. The molecular formula is C33H46N6O7. The number of fused-ring (bicyclic) bond motifs is 1. The van der Waals surface area contributed by atoms with Gasteiger partial charge >= 0.3 is 0 Å². The fourth-order valence-corrected chi connectivity index (χ4v) is 5.98. The molecule has 1 aromatic heterocycles. The van der Waals surface area contributed by atoms with E-state index in [9.17, 15) is 29.1 Å². The van der Waals surface area contributed by atoms with E-state index in [2.05, 4.69) is 26.4 Å². The minimum Gasteiger partial charge on any atom is -0.508 e. The summed E-state index contributed by atoms with van der Waals surface area (Å²) in [7, 11) is 0. The first-order chi connectivity index (χ1) is 21.9. The van der Waals surface area contributed by atoms with Crippen molar-refractivity contribution >= 4 is 29.5 Å². The molecule has 0 aliphatic carbocycles. The fourth-order valence-electron chi connectivity index (χ4n) is 5.98. The smallest absolute Gasteiger partial charge is 0.273 e. The van der Waals surface area contributed by atoms with Gasteiger partial charge in [0, 0.05) is 50.5 Å². The molecule has 2 aromatic rings. The van der Waals surface area contributed by atoms with E-state index in [1.165, 1.54) is 23.1 Å². The van der Waals surface area contributed by atoms with E-state index < -0.39 is 24.0 Å². The second kappa shape index (κ2) is 15.7. The van der Waals surface area contributed by atoms with Crippen LogP contribution in [-0.2, 0) is 25.6 Å². The number of aromatic nitrogens is 1. The highest BCUT2D eigenvalue weighted by atomic mass is 16.5. The lowest BCUT2D eigenvalue weighted by atomic mass is 9.92. The third-order valence-corrected chi connectivity index (χ3v) is 8.65. The SMILES string of the molecule is Cc1cc(C(=O)N[C@@H]2C[C@H]3C(=O)N[C@H](C(C)C)CC[C@@H](C)CC(=O)N[C@@H](Cc4ccc(O)cc4)C(=O)NCCCC(=O)N3C2)no1. The maximum absolute atomic E-state index is 13.7. The van der Waals surface area contributed by atoms with Crippen molar-refractivity contribution in [1.29, 1.82) is 0 Å². The number of rotatable bonds is 5. The number of carbonyl (C=O) groups excluding carboxylic acids is 5. The normalized spacial score (nSPS) is 25.6. The Labute approximate surface area is 269 Å². The van der Waals surface area contributed by atoms with E-state index >= 15 is 0 Å². The van der Waals surface area contributed by atoms with Crippen molar-refractivity contribution in [3.8, 4) is 5.75 Å². The van der Waals surface area contributed by atoms with E-state index in [-0.39, 0.29) is 91.7 Å². The number of phenolic OH excluding ortho intramolecular Hbond substituents is 1. The van der Waals surface area contributed by atoms with Gasteiger partial charge in [0.25, 0.3) is 5.91 Å². The molecule has 13 heteroatoms. The number of hydrogen-bond acceptors (Lipinski definition) is 8. The van der Waals surface area contributed by atoms with Crippen molar-refractivity contribution in [3.63, 3.8) is 0 Å². The van der Waals surface area contributed by atoms with Gasteiger partial charge < -0.3 is 35.8 Å². The van der Waals surface area contributed by atoms with Crippen molar-refractivity contribution in [2.45, 2.75) is 96.8 Å². The van der Waals surface area contributed by atoms with Gasteiger partial charge in [0.2, 0.25) is 23.6 Å². The van der Waals surface area contributed by atoms with Crippen molar-refractivity contribution < 1.29 is 33.6 Å². The van der Waals surface area contributed by atoms with Crippen LogP contribution in [0.15, 0.2) is 34.9 Å².